The Morgan fingerprint density at radius 3 is 2.06 bits per heavy atom. The van der Waals surface area contributed by atoms with Crippen molar-refractivity contribution in [2.45, 2.75) is 141 Å². The number of ether oxygens (including phenoxy) is 1. The fourth-order valence-corrected chi connectivity index (χ4v) is 7.76. The van der Waals surface area contributed by atoms with Gasteiger partial charge in [-0.2, -0.15) is 26.3 Å². The van der Waals surface area contributed by atoms with E-state index >= 15 is 0 Å². The molecule has 14 nitrogen and oxygen atoms in total. The van der Waals surface area contributed by atoms with Crippen molar-refractivity contribution < 1.29 is 59.8 Å². The van der Waals surface area contributed by atoms with Crippen LogP contribution in [-0.2, 0) is 36.3 Å². The third kappa shape index (κ3) is 12.7. The van der Waals surface area contributed by atoms with Gasteiger partial charge in [-0.15, -0.1) is 0 Å². The number of alkyl halides is 6. The van der Waals surface area contributed by atoms with E-state index in [0.29, 0.717) is 31.4 Å². The molecule has 0 bridgehead atoms. The van der Waals surface area contributed by atoms with Gasteiger partial charge in [0.2, 0.25) is 17.6 Å². The van der Waals surface area contributed by atoms with Gasteiger partial charge in [0.15, 0.2) is 5.78 Å². The lowest BCUT2D eigenvalue weighted by atomic mass is 9.82. The van der Waals surface area contributed by atoms with Gasteiger partial charge in [-0.1, -0.05) is 53.4 Å². The molecule has 1 saturated heterocycles. The largest absolute Gasteiger partial charge is 0.488 e. The van der Waals surface area contributed by atoms with Gasteiger partial charge in [0.1, 0.15) is 29.6 Å². The summed E-state index contributed by atoms with van der Waals surface area (Å²) in [7, 11) is 0. The summed E-state index contributed by atoms with van der Waals surface area (Å²) in [6.07, 6.45) is -2.36. The summed E-state index contributed by atoms with van der Waals surface area (Å²) >= 11 is 0. The zero-order valence-electron chi connectivity index (χ0n) is 35.0. The van der Waals surface area contributed by atoms with E-state index in [4.69, 9.17) is 4.74 Å². The van der Waals surface area contributed by atoms with E-state index in [1.54, 1.807) is 27.7 Å². The minimum Gasteiger partial charge on any atom is -0.488 e. The molecule has 2 aliphatic carbocycles. The molecule has 4 amide bonds. The molecule has 1 aliphatic heterocycles. The Bertz CT molecular complexity index is 1920. The molecule has 1 aromatic carbocycles. The van der Waals surface area contributed by atoms with E-state index in [-0.39, 0.29) is 36.6 Å². The highest BCUT2D eigenvalue weighted by molar-refractivity contribution is 6.38. The zero-order chi connectivity index (χ0) is 45.6. The Hall–Kier alpha value is -5.14. The molecule has 2 saturated carbocycles. The topological polar surface area (TPSA) is 189 Å². The first kappa shape index (κ1) is 47.9. The number of aromatic nitrogens is 2. The molecule has 3 aliphatic rings. The van der Waals surface area contributed by atoms with Gasteiger partial charge < -0.3 is 30.9 Å². The monoisotopic (exact) mass is 881 g/mol. The average Bonchev–Trinajstić information content (AvgIpc) is 3.94. The highest BCUT2D eigenvalue weighted by atomic mass is 19.4. The Balaban J connectivity index is 1.44. The second kappa shape index (κ2) is 19.9. The maximum Gasteiger partial charge on any atom is 0.416 e. The van der Waals surface area contributed by atoms with Crippen LogP contribution < -0.4 is 26.0 Å². The number of carbonyl (C=O) groups excluding carboxylic acids is 6. The van der Waals surface area contributed by atoms with Crippen molar-refractivity contribution in [3.63, 3.8) is 0 Å². The summed E-state index contributed by atoms with van der Waals surface area (Å²) in [5, 5.41) is 11.0. The molecule has 1 aromatic heterocycles. The minimum atomic E-state index is -5.18. The summed E-state index contributed by atoms with van der Waals surface area (Å²) in [6, 6.07) is -4.37. The summed E-state index contributed by atoms with van der Waals surface area (Å²) in [5.41, 5.74) is -4.37. The van der Waals surface area contributed by atoms with Crippen LogP contribution in [0.2, 0.25) is 0 Å². The SMILES string of the molecule is CCC[C@H](NCC(=O)C1C[C@@H](Oc2cc(C(F)(F)F)cc(C(F)(F)F)c2)CN1C(=O)[C@@H](NC(=O)[C@@H](NC(=O)c1cnccn1)C1CCCCC1)C(C)(C)C)C(=O)C(=O)NC1CC1. The number of nitrogens with one attached hydrogen (secondary N) is 4. The van der Waals surface area contributed by atoms with Crippen LogP contribution in [0.5, 0.6) is 5.75 Å². The van der Waals surface area contributed by atoms with Crippen LogP contribution >= 0.6 is 0 Å². The van der Waals surface area contributed by atoms with Crippen molar-refractivity contribution >= 4 is 35.2 Å². The highest BCUT2D eigenvalue weighted by Crippen LogP contribution is 2.39. The first-order valence-electron chi connectivity index (χ1n) is 20.8. The van der Waals surface area contributed by atoms with Crippen LogP contribution in [-0.4, -0.2) is 99.5 Å². The predicted molar refractivity (Wildman–Crippen MR) is 210 cm³/mol. The van der Waals surface area contributed by atoms with Crippen LogP contribution in [0, 0.1) is 11.3 Å². The number of carbonyl (C=O) groups is 6. The summed E-state index contributed by atoms with van der Waals surface area (Å²) in [4.78, 5) is 91.1. The molecule has 5 atom stereocenters. The van der Waals surface area contributed by atoms with Crippen molar-refractivity contribution in [1.29, 1.82) is 0 Å². The molecular weight excluding hydrogens is 828 g/mol. The summed E-state index contributed by atoms with van der Waals surface area (Å²) < 4.78 is 88.3. The maximum absolute atomic E-state index is 14.8. The molecule has 20 heteroatoms. The third-order valence-corrected chi connectivity index (χ3v) is 11.2. The van der Waals surface area contributed by atoms with Crippen molar-refractivity contribution in [2.75, 3.05) is 13.1 Å². The number of amides is 4. The number of halogens is 6. The molecule has 340 valence electrons. The molecule has 2 aromatic rings. The van der Waals surface area contributed by atoms with Gasteiger partial charge in [-0.05, 0) is 61.6 Å². The van der Waals surface area contributed by atoms with E-state index in [9.17, 15) is 55.1 Å². The molecular formula is C42H53F6N7O7. The molecule has 1 unspecified atom stereocenters. The number of benzene rings is 1. The Morgan fingerprint density at radius 1 is 0.871 bits per heavy atom. The lowest BCUT2D eigenvalue weighted by molar-refractivity contribution is -0.144. The fourth-order valence-electron chi connectivity index (χ4n) is 7.76. The Kier molecular flexibility index (Phi) is 15.4. The number of rotatable bonds is 17. The number of nitrogens with zero attached hydrogens (tertiary/aromatic N) is 3. The van der Waals surface area contributed by atoms with Crippen LogP contribution in [0.25, 0.3) is 0 Å². The van der Waals surface area contributed by atoms with E-state index in [2.05, 4.69) is 31.2 Å². The highest BCUT2D eigenvalue weighted by Gasteiger charge is 2.47. The predicted octanol–water partition coefficient (Wildman–Crippen LogP) is 4.95. The fraction of sp³-hybridized carbons (Fsp3) is 0.619. The third-order valence-electron chi connectivity index (χ3n) is 11.2. The van der Waals surface area contributed by atoms with Crippen LogP contribution in [0.4, 0.5) is 26.3 Å². The van der Waals surface area contributed by atoms with Gasteiger partial charge in [0.05, 0.1) is 42.5 Å². The van der Waals surface area contributed by atoms with Gasteiger partial charge in [0, 0.05) is 24.9 Å². The van der Waals surface area contributed by atoms with Crippen molar-refractivity contribution in [3.05, 3.63) is 53.6 Å². The van der Waals surface area contributed by atoms with Gasteiger partial charge in [-0.25, -0.2) is 4.98 Å². The minimum absolute atomic E-state index is 0.0443. The normalized spacial score (nSPS) is 20.1. The maximum atomic E-state index is 14.8. The number of hydrogen-bond acceptors (Lipinski definition) is 10. The first-order valence-corrected chi connectivity index (χ1v) is 20.8. The summed E-state index contributed by atoms with van der Waals surface area (Å²) in [6.45, 7) is 5.64. The van der Waals surface area contributed by atoms with E-state index in [0.717, 1.165) is 37.0 Å². The van der Waals surface area contributed by atoms with Gasteiger partial charge >= 0.3 is 12.4 Å². The second-order valence-corrected chi connectivity index (χ2v) is 17.3. The van der Waals surface area contributed by atoms with E-state index in [1.165, 1.54) is 18.6 Å². The number of hydrogen-bond donors (Lipinski definition) is 4. The molecule has 0 spiro atoms. The molecule has 5 rings (SSSR count). The number of ketones is 2. The standard InChI is InChI=1S/C42H53F6N7O7/c1-5-9-29(34(57)38(60)52-26-12-13-26)51-21-32(56)31-19-28(62-27-17-24(41(43,44)45)16-25(18-27)42(46,47)48)22-55(31)39(61)35(40(2,3)4)54-37(59)33(23-10-7-6-8-11-23)53-36(58)30-20-49-14-15-50-30/h14-18,20,23,26,28-29,31,33,35,51H,5-13,19,21-22H2,1-4H3,(H,52,60)(H,53,58)(H,54,59)/t28-,29+,31?,33+,35-/m1/s1. The number of likely N-dealkylation sites (tertiary alicyclic amines) is 1. The van der Waals surface area contributed by atoms with Crippen LogP contribution in [0.3, 0.4) is 0 Å². The van der Waals surface area contributed by atoms with Gasteiger partial charge in [-0.3, -0.25) is 33.8 Å². The lowest BCUT2D eigenvalue weighted by Gasteiger charge is -2.37. The zero-order valence-corrected chi connectivity index (χ0v) is 35.0. The lowest BCUT2D eigenvalue weighted by Crippen LogP contribution is -2.61. The number of Topliss-reactive ketones (excluding diaryl/α,β-unsaturated/α-hetero) is 2. The van der Waals surface area contributed by atoms with E-state index in [1.807, 2.05) is 0 Å². The van der Waals surface area contributed by atoms with Crippen molar-refractivity contribution in [3.8, 4) is 5.75 Å². The van der Waals surface area contributed by atoms with Crippen molar-refractivity contribution in [1.82, 2.24) is 36.1 Å². The van der Waals surface area contributed by atoms with Crippen LogP contribution in [0.15, 0.2) is 36.8 Å². The van der Waals surface area contributed by atoms with E-state index < -0.39 is 113 Å². The van der Waals surface area contributed by atoms with Crippen LogP contribution in [0.1, 0.15) is 114 Å². The molecule has 2 heterocycles. The quantitative estimate of drug-likeness (QED) is 0.125. The summed E-state index contributed by atoms with van der Waals surface area (Å²) in [5.74, 6) is -5.63. The second-order valence-electron chi connectivity index (χ2n) is 17.3. The molecule has 4 N–H and O–H groups in total. The Morgan fingerprint density at radius 2 is 1.52 bits per heavy atom. The molecule has 62 heavy (non-hydrogen) atoms. The smallest absolute Gasteiger partial charge is 0.416 e. The molecule has 3 fully saturated rings. The van der Waals surface area contributed by atoms with Gasteiger partial charge in [0.25, 0.3) is 11.8 Å². The average molecular weight is 882 g/mol. The Labute approximate surface area is 355 Å². The molecule has 0 radical (unpaired) electrons. The first-order chi connectivity index (χ1) is 29.1. The van der Waals surface area contributed by atoms with Crippen molar-refractivity contribution in [2.24, 2.45) is 11.3 Å².